The van der Waals surface area contributed by atoms with E-state index in [0.717, 1.165) is 25.8 Å². The predicted octanol–water partition coefficient (Wildman–Crippen LogP) is 2.62. The van der Waals surface area contributed by atoms with Crippen LogP contribution in [0.15, 0.2) is 0 Å². The fourth-order valence-electron chi connectivity index (χ4n) is 2.57. The Balaban J connectivity index is 0.000000423. The van der Waals surface area contributed by atoms with Crippen LogP contribution < -0.4 is 10.6 Å². The SMILES string of the molecule is CCCCCCNCC(=O)O.C[C@H](NC1CCCCC1)C(=O)O. The molecule has 0 aromatic heterocycles. The second kappa shape index (κ2) is 14.5. The third-order valence-electron chi connectivity index (χ3n) is 3.94. The Morgan fingerprint density at radius 2 is 1.74 bits per heavy atom. The highest BCUT2D eigenvalue weighted by Crippen LogP contribution is 2.17. The van der Waals surface area contributed by atoms with Crippen molar-refractivity contribution in [1.29, 1.82) is 0 Å². The first-order valence-corrected chi connectivity index (χ1v) is 8.88. The van der Waals surface area contributed by atoms with Crippen LogP contribution in [-0.4, -0.2) is 47.3 Å². The standard InChI is InChI=1S/C9H17NO2.C8H17NO2/c1-7(9(11)12)10-8-5-3-2-4-6-8;1-2-3-4-5-6-9-7-8(10)11/h7-8,10H,2-6H2,1H3,(H,11,12);9H,2-7H2,1H3,(H,10,11)/t7-;/m0./s1. The van der Waals surface area contributed by atoms with Gasteiger partial charge >= 0.3 is 11.9 Å². The molecule has 0 radical (unpaired) electrons. The van der Waals surface area contributed by atoms with E-state index >= 15 is 0 Å². The summed E-state index contributed by atoms with van der Waals surface area (Å²) in [5, 5.41) is 22.9. The number of carboxylic acids is 2. The molecule has 0 bridgehead atoms. The first kappa shape index (κ1) is 21.9. The summed E-state index contributed by atoms with van der Waals surface area (Å²) in [6.45, 7) is 4.78. The Hall–Kier alpha value is -1.14. The van der Waals surface area contributed by atoms with Gasteiger partial charge in [-0.05, 0) is 32.7 Å². The van der Waals surface area contributed by atoms with Crippen molar-refractivity contribution in [3.8, 4) is 0 Å². The Morgan fingerprint density at radius 3 is 2.26 bits per heavy atom. The second-order valence-electron chi connectivity index (χ2n) is 6.19. The highest BCUT2D eigenvalue weighted by atomic mass is 16.4. The van der Waals surface area contributed by atoms with Gasteiger partial charge in [0.25, 0.3) is 0 Å². The zero-order chi connectivity index (χ0) is 17.5. The maximum Gasteiger partial charge on any atom is 0.320 e. The van der Waals surface area contributed by atoms with E-state index < -0.39 is 18.0 Å². The van der Waals surface area contributed by atoms with Crippen molar-refractivity contribution in [3.63, 3.8) is 0 Å². The molecule has 0 spiro atoms. The van der Waals surface area contributed by atoms with Crippen LogP contribution >= 0.6 is 0 Å². The summed E-state index contributed by atoms with van der Waals surface area (Å²) in [7, 11) is 0. The lowest BCUT2D eigenvalue weighted by Gasteiger charge is -2.24. The normalized spacial score (nSPS) is 16.3. The summed E-state index contributed by atoms with van der Waals surface area (Å²) in [4.78, 5) is 20.5. The zero-order valence-electron chi connectivity index (χ0n) is 14.6. The minimum absolute atomic E-state index is 0.0894. The molecule has 0 amide bonds. The van der Waals surface area contributed by atoms with Gasteiger partial charge in [-0.15, -0.1) is 0 Å². The van der Waals surface area contributed by atoms with E-state index in [0.29, 0.717) is 6.04 Å². The minimum Gasteiger partial charge on any atom is -0.480 e. The Bertz CT molecular complexity index is 318. The van der Waals surface area contributed by atoms with Gasteiger partial charge in [-0.1, -0.05) is 45.4 Å². The van der Waals surface area contributed by atoms with Gasteiger partial charge in [0.15, 0.2) is 0 Å². The van der Waals surface area contributed by atoms with Gasteiger partial charge in [0, 0.05) is 6.04 Å². The van der Waals surface area contributed by atoms with Crippen LogP contribution in [0.2, 0.25) is 0 Å². The lowest BCUT2D eigenvalue weighted by molar-refractivity contribution is -0.139. The van der Waals surface area contributed by atoms with Gasteiger partial charge in [-0.25, -0.2) is 0 Å². The Labute approximate surface area is 140 Å². The first-order valence-electron chi connectivity index (χ1n) is 8.88. The van der Waals surface area contributed by atoms with Crippen LogP contribution in [0.25, 0.3) is 0 Å². The van der Waals surface area contributed by atoms with Gasteiger partial charge in [-0.2, -0.15) is 0 Å². The highest BCUT2D eigenvalue weighted by Gasteiger charge is 2.18. The van der Waals surface area contributed by atoms with Crippen LogP contribution in [-0.2, 0) is 9.59 Å². The molecule has 0 aliphatic heterocycles. The van der Waals surface area contributed by atoms with E-state index in [2.05, 4.69) is 17.6 Å². The van der Waals surface area contributed by atoms with Crippen LogP contribution in [0.3, 0.4) is 0 Å². The smallest absolute Gasteiger partial charge is 0.320 e. The molecule has 1 aliphatic rings. The number of rotatable bonds is 10. The molecule has 0 unspecified atom stereocenters. The van der Waals surface area contributed by atoms with E-state index in [-0.39, 0.29) is 6.54 Å². The molecule has 1 fully saturated rings. The van der Waals surface area contributed by atoms with Gasteiger partial charge < -0.3 is 20.8 Å². The average molecular weight is 330 g/mol. The molecule has 1 aliphatic carbocycles. The zero-order valence-corrected chi connectivity index (χ0v) is 14.6. The Kier molecular flexibility index (Phi) is 13.7. The van der Waals surface area contributed by atoms with E-state index in [1.165, 1.54) is 38.5 Å². The molecular formula is C17H34N2O4. The number of hydrogen-bond donors (Lipinski definition) is 4. The van der Waals surface area contributed by atoms with E-state index in [9.17, 15) is 9.59 Å². The molecule has 0 heterocycles. The molecule has 0 saturated heterocycles. The molecule has 1 saturated carbocycles. The summed E-state index contributed by atoms with van der Waals surface area (Å²) < 4.78 is 0. The van der Waals surface area contributed by atoms with Crippen molar-refractivity contribution < 1.29 is 19.8 Å². The van der Waals surface area contributed by atoms with Gasteiger partial charge in [-0.3, -0.25) is 9.59 Å². The molecule has 6 nitrogen and oxygen atoms in total. The van der Waals surface area contributed by atoms with E-state index in [1.54, 1.807) is 6.92 Å². The summed E-state index contributed by atoms with van der Waals surface area (Å²) in [6, 6.07) is 0.0398. The predicted molar refractivity (Wildman–Crippen MR) is 91.8 cm³/mol. The summed E-state index contributed by atoms with van der Waals surface area (Å²) in [5.74, 6) is -1.53. The van der Waals surface area contributed by atoms with Crippen LogP contribution in [0, 0.1) is 0 Å². The molecule has 23 heavy (non-hydrogen) atoms. The van der Waals surface area contributed by atoms with Crippen molar-refractivity contribution in [1.82, 2.24) is 10.6 Å². The van der Waals surface area contributed by atoms with Crippen molar-refractivity contribution in [3.05, 3.63) is 0 Å². The highest BCUT2D eigenvalue weighted by molar-refractivity contribution is 5.72. The third kappa shape index (κ3) is 14.2. The van der Waals surface area contributed by atoms with Crippen molar-refractivity contribution >= 4 is 11.9 Å². The van der Waals surface area contributed by atoms with Crippen molar-refractivity contribution in [2.45, 2.75) is 83.7 Å². The second-order valence-corrected chi connectivity index (χ2v) is 6.19. The molecule has 0 aromatic carbocycles. The van der Waals surface area contributed by atoms with Gasteiger partial charge in [0.2, 0.25) is 0 Å². The van der Waals surface area contributed by atoms with Gasteiger partial charge in [0.05, 0.1) is 6.54 Å². The number of carboxylic acid groups (broad SMARTS) is 2. The number of hydrogen-bond acceptors (Lipinski definition) is 4. The summed E-state index contributed by atoms with van der Waals surface area (Å²) in [5.41, 5.74) is 0. The Morgan fingerprint density at radius 1 is 1.09 bits per heavy atom. The van der Waals surface area contributed by atoms with E-state index in [1.807, 2.05) is 0 Å². The topological polar surface area (TPSA) is 98.7 Å². The van der Waals surface area contributed by atoms with Crippen molar-refractivity contribution in [2.75, 3.05) is 13.1 Å². The van der Waals surface area contributed by atoms with Crippen LogP contribution in [0.1, 0.15) is 71.6 Å². The van der Waals surface area contributed by atoms with E-state index in [4.69, 9.17) is 10.2 Å². The monoisotopic (exact) mass is 330 g/mol. The maximum atomic E-state index is 10.5. The lowest BCUT2D eigenvalue weighted by Crippen LogP contribution is -2.42. The number of unbranched alkanes of at least 4 members (excludes halogenated alkanes) is 3. The first-order chi connectivity index (χ1) is 11.0. The summed E-state index contributed by atoms with van der Waals surface area (Å²) >= 11 is 0. The third-order valence-corrected chi connectivity index (χ3v) is 3.94. The fourth-order valence-corrected chi connectivity index (χ4v) is 2.57. The number of carbonyl (C=O) groups is 2. The van der Waals surface area contributed by atoms with Crippen LogP contribution in [0.5, 0.6) is 0 Å². The molecule has 136 valence electrons. The molecule has 4 N–H and O–H groups in total. The maximum absolute atomic E-state index is 10.5. The molecular weight excluding hydrogens is 296 g/mol. The lowest BCUT2D eigenvalue weighted by atomic mass is 9.95. The van der Waals surface area contributed by atoms with Crippen molar-refractivity contribution in [2.24, 2.45) is 0 Å². The molecule has 6 heteroatoms. The number of nitrogens with one attached hydrogen (secondary N) is 2. The quantitative estimate of drug-likeness (QED) is 0.460. The van der Waals surface area contributed by atoms with Gasteiger partial charge in [0.1, 0.15) is 6.04 Å². The average Bonchev–Trinajstić information content (AvgIpc) is 2.52. The number of aliphatic carboxylic acids is 2. The summed E-state index contributed by atoms with van der Waals surface area (Å²) in [6.07, 6.45) is 10.8. The van der Waals surface area contributed by atoms with Crippen LogP contribution in [0.4, 0.5) is 0 Å². The largest absolute Gasteiger partial charge is 0.480 e. The minimum atomic E-state index is -0.777. The molecule has 1 atom stereocenters. The fraction of sp³-hybridized carbons (Fsp3) is 0.882. The molecule has 0 aromatic rings. The molecule has 1 rings (SSSR count).